The van der Waals surface area contributed by atoms with Crippen molar-refractivity contribution in [3.8, 4) is 17.2 Å². The van der Waals surface area contributed by atoms with E-state index in [1.807, 2.05) is 0 Å². The lowest BCUT2D eigenvalue weighted by Crippen LogP contribution is -2.52. The summed E-state index contributed by atoms with van der Waals surface area (Å²) < 4.78 is 45.6. The lowest BCUT2D eigenvalue weighted by Gasteiger charge is -2.33. The van der Waals surface area contributed by atoms with Crippen molar-refractivity contribution in [1.82, 2.24) is 10.2 Å². The number of likely N-dealkylation sites (N-methyl/N-ethyl adjacent to an activating group) is 1. The summed E-state index contributed by atoms with van der Waals surface area (Å²) >= 11 is 18.8. The molecule has 238 valence electrons. The fourth-order valence-corrected chi connectivity index (χ4v) is 6.59. The number of carbonyl (C=O) groups excluding carboxylic acids is 2. The molecule has 0 bridgehead atoms. The lowest BCUT2D eigenvalue weighted by molar-refractivity contribution is -0.140. The van der Waals surface area contributed by atoms with Crippen LogP contribution in [0, 0.1) is 0 Å². The van der Waals surface area contributed by atoms with Crippen LogP contribution in [0.5, 0.6) is 17.2 Å². The van der Waals surface area contributed by atoms with Crippen LogP contribution in [0.25, 0.3) is 0 Å². The molecule has 14 heteroatoms. The number of anilines is 1. The molecule has 0 aromatic heterocycles. The molecule has 2 amide bonds. The summed E-state index contributed by atoms with van der Waals surface area (Å²) in [5.74, 6) is -0.454. The van der Waals surface area contributed by atoms with Crippen molar-refractivity contribution >= 4 is 62.3 Å². The van der Waals surface area contributed by atoms with E-state index in [2.05, 4.69) is 5.32 Å². The van der Waals surface area contributed by atoms with Gasteiger partial charge in [-0.15, -0.1) is 0 Å². The first-order chi connectivity index (χ1) is 20.9. The standard InChI is InChI=1S/C30H34Cl3N3O7S/c1-6-24(30(38)34-7-2)35(17-19-8-9-20(31)14-23(19)33)29(37)18-36(25-15-21(32)10-12-26(25)41-3)44(39,40)22-11-13-27(42-4)28(16-22)43-5/h8-16,24H,6-7,17-18H2,1-5H3,(H,34,38)/t24-/m1/s1. The molecule has 1 N–H and O–H groups in total. The summed E-state index contributed by atoms with van der Waals surface area (Å²) in [6.07, 6.45) is 0.242. The molecule has 3 aromatic rings. The highest BCUT2D eigenvalue weighted by Gasteiger charge is 2.35. The summed E-state index contributed by atoms with van der Waals surface area (Å²) in [7, 11) is -0.302. The van der Waals surface area contributed by atoms with Gasteiger partial charge < -0.3 is 24.4 Å². The number of rotatable bonds is 14. The van der Waals surface area contributed by atoms with Crippen molar-refractivity contribution < 1.29 is 32.2 Å². The van der Waals surface area contributed by atoms with Crippen molar-refractivity contribution in [2.75, 3.05) is 38.7 Å². The van der Waals surface area contributed by atoms with Gasteiger partial charge in [-0.25, -0.2) is 8.42 Å². The predicted octanol–water partition coefficient (Wildman–Crippen LogP) is 5.81. The van der Waals surface area contributed by atoms with Crippen LogP contribution in [-0.2, 0) is 26.2 Å². The highest BCUT2D eigenvalue weighted by molar-refractivity contribution is 7.92. The second-order valence-electron chi connectivity index (χ2n) is 9.42. The maximum Gasteiger partial charge on any atom is 0.265 e. The van der Waals surface area contributed by atoms with Crippen molar-refractivity contribution in [2.45, 2.75) is 37.8 Å². The van der Waals surface area contributed by atoms with Crippen LogP contribution in [0.3, 0.4) is 0 Å². The van der Waals surface area contributed by atoms with E-state index in [0.29, 0.717) is 22.9 Å². The number of hydrogen-bond donors (Lipinski definition) is 1. The summed E-state index contributed by atoms with van der Waals surface area (Å²) in [6.45, 7) is 3.03. The van der Waals surface area contributed by atoms with Crippen LogP contribution in [-0.4, -0.2) is 65.6 Å². The average Bonchev–Trinajstić information content (AvgIpc) is 3.00. The van der Waals surface area contributed by atoms with E-state index in [1.165, 1.54) is 68.7 Å². The van der Waals surface area contributed by atoms with Gasteiger partial charge in [-0.05, 0) is 61.4 Å². The van der Waals surface area contributed by atoms with Crippen molar-refractivity contribution in [2.24, 2.45) is 0 Å². The van der Waals surface area contributed by atoms with Crippen LogP contribution in [0.4, 0.5) is 5.69 Å². The maximum absolute atomic E-state index is 14.3. The zero-order valence-electron chi connectivity index (χ0n) is 24.9. The first-order valence-corrected chi connectivity index (χ1v) is 16.1. The fraction of sp³-hybridized carbons (Fsp3) is 0.333. The van der Waals surface area contributed by atoms with E-state index in [0.717, 1.165) is 4.31 Å². The highest BCUT2D eigenvalue weighted by atomic mass is 35.5. The summed E-state index contributed by atoms with van der Waals surface area (Å²) in [5, 5.41) is 3.64. The van der Waals surface area contributed by atoms with Gasteiger partial charge in [0.15, 0.2) is 11.5 Å². The third kappa shape index (κ3) is 8.01. The number of amides is 2. The van der Waals surface area contributed by atoms with E-state index in [4.69, 9.17) is 49.0 Å². The number of carbonyl (C=O) groups is 2. The monoisotopic (exact) mass is 685 g/mol. The summed E-state index contributed by atoms with van der Waals surface area (Å²) in [6, 6.07) is 12.3. The average molecular weight is 687 g/mol. The van der Waals surface area contributed by atoms with E-state index in [9.17, 15) is 18.0 Å². The Labute approximate surface area is 272 Å². The molecule has 0 radical (unpaired) electrons. The summed E-state index contributed by atoms with van der Waals surface area (Å²) in [4.78, 5) is 28.5. The third-order valence-corrected chi connectivity index (χ3v) is 9.30. The number of methoxy groups -OCH3 is 3. The number of nitrogens with one attached hydrogen (secondary N) is 1. The largest absolute Gasteiger partial charge is 0.495 e. The lowest BCUT2D eigenvalue weighted by atomic mass is 10.1. The Hall–Kier alpha value is -3.38. The first kappa shape index (κ1) is 35.1. The Morgan fingerprint density at radius 1 is 0.841 bits per heavy atom. The number of ether oxygens (including phenoxy) is 3. The second kappa shape index (κ2) is 15.6. The fourth-order valence-electron chi connectivity index (χ4n) is 4.52. The highest BCUT2D eigenvalue weighted by Crippen LogP contribution is 2.37. The molecule has 0 aliphatic heterocycles. The van der Waals surface area contributed by atoms with Gasteiger partial charge in [-0.3, -0.25) is 13.9 Å². The van der Waals surface area contributed by atoms with Crippen LogP contribution in [0.15, 0.2) is 59.5 Å². The maximum atomic E-state index is 14.3. The van der Waals surface area contributed by atoms with E-state index in [-0.39, 0.29) is 45.1 Å². The van der Waals surface area contributed by atoms with Crippen LogP contribution < -0.4 is 23.8 Å². The molecular weight excluding hydrogens is 653 g/mol. The zero-order chi connectivity index (χ0) is 32.6. The predicted molar refractivity (Wildman–Crippen MR) is 172 cm³/mol. The Morgan fingerprint density at radius 2 is 1.45 bits per heavy atom. The van der Waals surface area contributed by atoms with E-state index < -0.39 is 34.4 Å². The molecule has 3 rings (SSSR count). The number of benzene rings is 3. The van der Waals surface area contributed by atoms with Gasteiger partial charge >= 0.3 is 0 Å². The van der Waals surface area contributed by atoms with Crippen LogP contribution in [0.1, 0.15) is 25.8 Å². The number of nitrogens with zero attached hydrogens (tertiary/aromatic N) is 2. The minimum atomic E-state index is -4.47. The molecular formula is C30H34Cl3N3O7S. The van der Waals surface area contributed by atoms with Crippen LogP contribution in [0.2, 0.25) is 15.1 Å². The van der Waals surface area contributed by atoms with Crippen LogP contribution >= 0.6 is 34.8 Å². The first-order valence-electron chi connectivity index (χ1n) is 13.5. The smallest absolute Gasteiger partial charge is 0.265 e. The van der Waals surface area contributed by atoms with E-state index in [1.54, 1.807) is 26.0 Å². The zero-order valence-corrected chi connectivity index (χ0v) is 28.0. The molecule has 0 fully saturated rings. The molecule has 0 unspecified atom stereocenters. The molecule has 0 spiro atoms. The summed E-state index contributed by atoms with van der Waals surface area (Å²) in [5.41, 5.74) is 0.528. The topological polar surface area (TPSA) is 114 Å². The van der Waals surface area contributed by atoms with Crippen molar-refractivity contribution in [3.63, 3.8) is 0 Å². The van der Waals surface area contributed by atoms with Gasteiger partial charge in [0.05, 0.1) is 31.9 Å². The molecule has 0 heterocycles. The van der Waals surface area contributed by atoms with Gasteiger partial charge in [0.25, 0.3) is 10.0 Å². The molecule has 0 aliphatic rings. The Kier molecular flexibility index (Phi) is 12.4. The SMILES string of the molecule is CCNC(=O)[C@@H](CC)N(Cc1ccc(Cl)cc1Cl)C(=O)CN(c1cc(Cl)ccc1OC)S(=O)(=O)c1ccc(OC)c(OC)c1. The molecule has 1 atom stereocenters. The van der Waals surface area contributed by atoms with Gasteiger partial charge in [0, 0.05) is 34.2 Å². The molecule has 44 heavy (non-hydrogen) atoms. The molecule has 0 saturated carbocycles. The van der Waals surface area contributed by atoms with Gasteiger partial charge in [-0.1, -0.05) is 47.8 Å². The van der Waals surface area contributed by atoms with Crippen molar-refractivity contribution in [1.29, 1.82) is 0 Å². The Morgan fingerprint density at radius 3 is 2.05 bits per heavy atom. The van der Waals surface area contributed by atoms with Crippen molar-refractivity contribution in [3.05, 3.63) is 75.2 Å². The van der Waals surface area contributed by atoms with Gasteiger partial charge in [-0.2, -0.15) is 0 Å². The molecule has 0 saturated heterocycles. The number of hydrogen-bond acceptors (Lipinski definition) is 7. The molecule has 3 aromatic carbocycles. The third-order valence-electron chi connectivity index (χ3n) is 6.72. The van der Waals surface area contributed by atoms with Gasteiger partial charge in [0.2, 0.25) is 11.8 Å². The normalized spacial score (nSPS) is 11.8. The number of sulfonamides is 1. The Balaban J connectivity index is 2.19. The minimum Gasteiger partial charge on any atom is -0.495 e. The Bertz CT molecular complexity index is 1600. The number of halogens is 3. The minimum absolute atomic E-state index is 0.0127. The molecule has 10 nitrogen and oxygen atoms in total. The molecule has 0 aliphatic carbocycles. The second-order valence-corrected chi connectivity index (χ2v) is 12.6. The quantitative estimate of drug-likeness (QED) is 0.228. The van der Waals surface area contributed by atoms with Gasteiger partial charge in [0.1, 0.15) is 18.3 Å². The van der Waals surface area contributed by atoms with E-state index >= 15 is 0 Å².